The molecule has 1 atom stereocenters. The van der Waals surface area contributed by atoms with Gasteiger partial charge < -0.3 is 10.1 Å². The normalized spacial score (nSPS) is 11.6. The summed E-state index contributed by atoms with van der Waals surface area (Å²) >= 11 is 13.3. The van der Waals surface area contributed by atoms with E-state index in [1.807, 2.05) is 30.3 Å². The van der Waals surface area contributed by atoms with Crippen molar-refractivity contribution in [3.05, 3.63) is 58.6 Å². The Labute approximate surface area is 154 Å². The molecule has 1 N–H and O–H groups in total. The van der Waals surface area contributed by atoms with E-state index in [2.05, 4.69) is 10.1 Å². The Balaban J connectivity index is 2.17. The minimum absolute atomic E-state index is 0.0555. The van der Waals surface area contributed by atoms with Gasteiger partial charge in [-0.15, -0.1) is 11.8 Å². The summed E-state index contributed by atoms with van der Waals surface area (Å²) in [6.07, 6.45) is -0.0555. The van der Waals surface area contributed by atoms with Crippen molar-refractivity contribution in [1.82, 2.24) is 0 Å². The van der Waals surface area contributed by atoms with E-state index in [0.717, 1.165) is 4.90 Å². The molecule has 0 heterocycles. The van der Waals surface area contributed by atoms with Crippen molar-refractivity contribution in [3.8, 4) is 0 Å². The number of thioether (sulfide) groups is 1. The summed E-state index contributed by atoms with van der Waals surface area (Å²) in [7, 11) is 1.29. The number of esters is 1. The van der Waals surface area contributed by atoms with Gasteiger partial charge in [-0.1, -0.05) is 47.5 Å². The lowest BCUT2D eigenvalue weighted by Gasteiger charge is -2.16. The number of nitrogens with one attached hydrogen (secondary N) is 1. The lowest BCUT2D eigenvalue weighted by Crippen LogP contribution is -2.28. The Hall–Kier alpha value is -1.69. The van der Waals surface area contributed by atoms with Crippen LogP contribution in [0.4, 0.5) is 5.69 Å². The van der Waals surface area contributed by atoms with Crippen molar-refractivity contribution in [1.29, 1.82) is 0 Å². The van der Waals surface area contributed by atoms with Gasteiger partial charge in [0.05, 0.1) is 34.5 Å². The molecule has 1 unspecified atom stereocenters. The number of amides is 1. The second-order valence-electron chi connectivity index (χ2n) is 4.79. The van der Waals surface area contributed by atoms with Crippen LogP contribution in [0.3, 0.4) is 0 Å². The largest absolute Gasteiger partial charge is 0.469 e. The van der Waals surface area contributed by atoms with Gasteiger partial charge in [0.15, 0.2) is 0 Å². The summed E-state index contributed by atoms with van der Waals surface area (Å²) in [5, 5.41) is 2.66. The summed E-state index contributed by atoms with van der Waals surface area (Å²) in [6.45, 7) is 0. The number of ether oxygens (including phenoxy) is 1. The number of anilines is 1. The monoisotopic (exact) mass is 383 g/mol. The first-order valence-electron chi connectivity index (χ1n) is 7.04. The molecule has 0 saturated carbocycles. The molecule has 0 spiro atoms. The molecule has 1 amide bonds. The highest BCUT2D eigenvalue weighted by molar-refractivity contribution is 8.00. The zero-order valence-electron chi connectivity index (χ0n) is 12.8. The van der Waals surface area contributed by atoms with Crippen LogP contribution in [0.25, 0.3) is 0 Å². The quantitative estimate of drug-likeness (QED) is 0.582. The van der Waals surface area contributed by atoms with Crippen LogP contribution >= 0.6 is 35.0 Å². The molecule has 7 heteroatoms. The highest BCUT2D eigenvalue weighted by Gasteiger charge is 2.24. The predicted octanol–water partition coefficient (Wildman–Crippen LogP) is 4.66. The topological polar surface area (TPSA) is 55.4 Å². The van der Waals surface area contributed by atoms with E-state index in [1.54, 1.807) is 18.2 Å². The van der Waals surface area contributed by atoms with Crippen LogP contribution in [0.1, 0.15) is 6.42 Å². The van der Waals surface area contributed by atoms with Gasteiger partial charge in [0, 0.05) is 4.90 Å². The van der Waals surface area contributed by atoms with Gasteiger partial charge in [-0.2, -0.15) is 0 Å². The second-order valence-corrected chi connectivity index (χ2v) is 6.85. The fourth-order valence-electron chi connectivity index (χ4n) is 1.90. The summed E-state index contributed by atoms with van der Waals surface area (Å²) in [6, 6.07) is 14.3. The zero-order valence-corrected chi connectivity index (χ0v) is 15.1. The number of carbonyl (C=O) groups excluding carboxylic acids is 2. The molecule has 0 aliphatic heterocycles. The predicted molar refractivity (Wildman–Crippen MR) is 97.8 cm³/mol. The SMILES string of the molecule is COC(=O)CC(Sc1ccccc1)C(=O)Nc1cccc(Cl)c1Cl. The molecule has 2 aromatic carbocycles. The summed E-state index contributed by atoms with van der Waals surface area (Å²) in [5.74, 6) is -0.811. The van der Waals surface area contributed by atoms with Crippen molar-refractivity contribution in [2.45, 2.75) is 16.6 Å². The van der Waals surface area contributed by atoms with E-state index in [1.165, 1.54) is 18.9 Å². The maximum atomic E-state index is 12.6. The number of rotatable bonds is 6. The van der Waals surface area contributed by atoms with Gasteiger partial charge in [0.2, 0.25) is 5.91 Å². The van der Waals surface area contributed by atoms with E-state index < -0.39 is 11.2 Å². The van der Waals surface area contributed by atoms with Gasteiger partial charge in [-0.25, -0.2) is 0 Å². The van der Waals surface area contributed by atoms with Crippen molar-refractivity contribution < 1.29 is 14.3 Å². The number of carbonyl (C=O) groups is 2. The first-order valence-corrected chi connectivity index (χ1v) is 8.68. The molecule has 0 aliphatic carbocycles. The van der Waals surface area contributed by atoms with Crippen LogP contribution in [-0.4, -0.2) is 24.2 Å². The molecule has 2 aromatic rings. The number of hydrogen-bond acceptors (Lipinski definition) is 4. The third kappa shape index (κ3) is 5.16. The third-order valence-corrected chi connectivity index (χ3v) is 5.13. The molecule has 24 heavy (non-hydrogen) atoms. The zero-order chi connectivity index (χ0) is 17.5. The van der Waals surface area contributed by atoms with Crippen molar-refractivity contribution >= 4 is 52.5 Å². The second kappa shape index (κ2) is 8.97. The molecular weight excluding hydrogens is 369 g/mol. The minimum Gasteiger partial charge on any atom is -0.469 e. The van der Waals surface area contributed by atoms with Crippen LogP contribution in [-0.2, 0) is 14.3 Å². The fraction of sp³-hybridized carbons (Fsp3) is 0.176. The van der Waals surface area contributed by atoms with Crippen LogP contribution in [0.2, 0.25) is 10.0 Å². The van der Waals surface area contributed by atoms with Gasteiger partial charge >= 0.3 is 5.97 Å². The molecule has 4 nitrogen and oxygen atoms in total. The Morgan fingerprint density at radius 3 is 2.50 bits per heavy atom. The van der Waals surface area contributed by atoms with E-state index >= 15 is 0 Å². The third-order valence-electron chi connectivity index (χ3n) is 3.10. The van der Waals surface area contributed by atoms with Gasteiger partial charge in [-0.3, -0.25) is 9.59 Å². The molecule has 126 valence electrons. The van der Waals surface area contributed by atoms with Gasteiger partial charge in [0.1, 0.15) is 0 Å². The molecule has 0 fully saturated rings. The Morgan fingerprint density at radius 1 is 1.12 bits per heavy atom. The Morgan fingerprint density at radius 2 is 1.83 bits per heavy atom. The first-order chi connectivity index (χ1) is 11.5. The number of hydrogen-bond donors (Lipinski definition) is 1. The number of halogens is 2. The van der Waals surface area contributed by atoms with Crippen LogP contribution in [0.15, 0.2) is 53.4 Å². The summed E-state index contributed by atoms with van der Waals surface area (Å²) in [5.41, 5.74) is 0.401. The van der Waals surface area contributed by atoms with E-state index in [4.69, 9.17) is 23.2 Å². The smallest absolute Gasteiger partial charge is 0.307 e. The summed E-state index contributed by atoms with van der Waals surface area (Å²) in [4.78, 5) is 25.1. The Bertz CT molecular complexity index is 725. The van der Waals surface area contributed by atoms with Crippen LogP contribution in [0, 0.1) is 0 Å². The Kier molecular flexibility index (Phi) is 6.97. The van der Waals surface area contributed by atoms with E-state index in [0.29, 0.717) is 10.7 Å². The molecular formula is C17H15Cl2NO3S. The van der Waals surface area contributed by atoms with E-state index in [9.17, 15) is 9.59 Å². The average Bonchev–Trinajstić information content (AvgIpc) is 2.59. The van der Waals surface area contributed by atoms with Crippen molar-refractivity contribution in [3.63, 3.8) is 0 Å². The lowest BCUT2D eigenvalue weighted by molar-refractivity contribution is -0.141. The molecule has 0 saturated heterocycles. The lowest BCUT2D eigenvalue weighted by atomic mass is 10.2. The highest BCUT2D eigenvalue weighted by atomic mass is 35.5. The number of methoxy groups -OCH3 is 1. The van der Waals surface area contributed by atoms with Crippen molar-refractivity contribution in [2.24, 2.45) is 0 Å². The van der Waals surface area contributed by atoms with Crippen molar-refractivity contribution in [2.75, 3.05) is 12.4 Å². The molecule has 0 bridgehead atoms. The first kappa shape index (κ1) is 18.6. The summed E-state index contributed by atoms with van der Waals surface area (Å²) < 4.78 is 4.68. The molecule has 0 aliphatic rings. The maximum absolute atomic E-state index is 12.6. The molecule has 0 radical (unpaired) electrons. The standard InChI is InChI=1S/C17H15Cl2NO3S/c1-23-15(21)10-14(24-11-6-3-2-4-7-11)17(22)20-13-9-5-8-12(18)16(13)19/h2-9,14H,10H2,1H3,(H,20,22). The molecule has 0 aromatic heterocycles. The van der Waals surface area contributed by atoms with Gasteiger partial charge in [-0.05, 0) is 24.3 Å². The highest BCUT2D eigenvalue weighted by Crippen LogP contribution is 2.31. The number of benzene rings is 2. The van der Waals surface area contributed by atoms with E-state index in [-0.39, 0.29) is 17.4 Å². The van der Waals surface area contributed by atoms with Crippen LogP contribution in [0.5, 0.6) is 0 Å². The molecule has 2 rings (SSSR count). The minimum atomic E-state index is -0.658. The fourth-order valence-corrected chi connectivity index (χ4v) is 3.28. The van der Waals surface area contributed by atoms with Crippen LogP contribution < -0.4 is 5.32 Å². The maximum Gasteiger partial charge on any atom is 0.307 e. The average molecular weight is 384 g/mol. The van der Waals surface area contributed by atoms with Gasteiger partial charge in [0.25, 0.3) is 0 Å².